The Morgan fingerprint density at radius 2 is 1.92 bits per heavy atom. The fourth-order valence-electron chi connectivity index (χ4n) is 4.50. The summed E-state index contributed by atoms with van der Waals surface area (Å²) in [7, 11) is 2.22. The lowest BCUT2D eigenvalue weighted by atomic mass is 9.77. The number of benzene rings is 1. The number of pyridine rings is 1. The Morgan fingerprint density at radius 1 is 1.22 bits per heavy atom. The fourth-order valence-corrected chi connectivity index (χ4v) is 4.50. The fraction of sp³-hybridized carbons (Fsp3) is 0.409. The molecule has 0 radical (unpaired) electrons. The number of alkyl halides is 3. The summed E-state index contributed by atoms with van der Waals surface area (Å²) in [5, 5.41) is 10.1. The SMILES string of the molecule is CONC(=O)c1c2nc([C@@H]3O[C@@](C)(C(F)(F)F)[C@@H](C)[C@H]3c3ccc(F)c(F)c3OC)nc-2ccn1O. The quantitative estimate of drug-likeness (QED) is 0.300. The number of imidazole rings is 1. The van der Waals surface area contributed by atoms with Crippen LogP contribution in [0.1, 0.15) is 47.7 Å². The van der Waals surface area contributed by atoms with Gasteiger partial charge in [-0.1, -0.05) is 13.0 Å². The summed E-state index contributed by atoms with van der Waals surface area (Å²) in [5.41, 5.74) is -1.29. The number of halogens is 5. The molecule has 4 atom stereocenters. The number of aromatic nitrogens is 3. The largest absolute Gasteiger partial charge is 0.493 e. The summed E-state index contributed by atoms with van der Waals surface area (Å²) < 4.78 is 82.0. The number of methoxy groups -OCH3 is 1. The number of nitrogens with one attached hydrogen (secondary N) is 1. The third-order valence-corrected chi connectivity index (χ3v) is 6.51. The first-order valence-corrected chi connectivity index (χ1v) is 10.5. The third kappa shape index (κ3) is 3.80. The molecule has 0 saturated carbocycles. The number of fused-ring (bicyclic) bond motifs is 1. The number of hydrogen-bond acceptors (Lipinski definition) is 7. The molecule has 1 amide bonds. The predicted octanol–water partition coefficient (Wildman–Crippen LogP) is 4.01. The van der Waals surface area contributed by atoms with Gasteiger partial charge in [-0.3, -0.25) is 9.63 Å². The lowest BCUT2D eigenvalue weighted by molar-refractivity contribution is -0.275. The van der Waals surface area contributed by atoms with Crippen LogP contribution in [0, 0.1) is 17.6 Å². The van der Waals surface area contributed by atoms with E-state index in [4.69, 9.17) is 9.47 Å². The van der Waals surface area contributed by atoms with E-state index in [9.17, 15) is 32.0 Å². The van der Waals surface area contributed by atoms with Crippen LogP contribution in [0.4, 0.5) is 22.0 Å². The molecule has 1 fully saturated rings. The molecule has 0 aromatic heterocycles. The molecule has 36 heavy (non-hydrogen) atoms. The Labute approximate surface area is 201 Å². The summed E-state index contributed by atoms with van der Waals surface area (Å²) in [6, 6.07) is 3.19. The average molecular weight is 516 g/mol. The minimum absolute atomic E-state index is 0.0596. The van der Waals surface area contributed by atoms with Gasteiger partial charge in [0.25, 0.3) is 5.91 Å². The van der Waals surface area contributed by atoms with Gasteiger partial charge in [0.1, 0.15) is 11.8 Å². The normalized spacial score (nSPS) is 24.3. The Morgan fingerprint density at radius 3 is 2.53 bits per heavy atom. The van der Waals surface area contributed by atoms with E-state index in [1.165, 1.54) is 13.0 Å². The maximum absolute atomic E-state index is 14.5. The Balaban J connectivity index is 1.93. The van der Waals surface area contributed by atoms with Crippen molar-refractivity contribution in [2.24, 2.45) is 5.92 Å². The molecule has 1 saturated heterocycles. The molecule has 2 N–H and O–H groups in total. The van der Waals surface area contributed by atoms with Gasteiger partial charge in [-0.15, -0.1) is 0 Å². The van der Waals surface area contributed by atoms with Crippen LogP contribution in [0.3, 0.4) is 0 Å². The van der Waals surface area contributed by atoms with Crippen LogP contribution in [0.15, 0.2) is 24.4 Å². The van der Waals surface area contributed by atoms with Crippen molar-refractivity contribution in [3.05, 3.63) is 53.1 Å². The maximum Gasteiger partial charge on any atom is 0.417 e. The molecule has 3 aliphatic heterocycles. The molecule has 0 bridgehead atoms. The van der Waals surface area contributed by atoms with Crippen molar-refractivity contribution in [2.75, 3.05) is 14.2 Å². The van der Waals surface area contributed by atoms with Crippen LogP contribution >= 0.6 is 0 Å². The van der Waals surface area contributed by atoms with Gasteiger partial charge in [0.05, 0.1) is 19.9 Å². The van der Waals surface area contributed by atoms with Gasteiger partial charge in [0, 0.05) is 23.6 Å². The Kier molecular flexibility index (Phi) is 6.29. The highest BCUT2D eigenvalue weighted by molar-refractivity contribution is 5.97. The second-order valence-electron chi connectivity index (χ2n) is 8.40. The number of hydrogen-bond donors (Lipinski definition) is 2. The lowest BCUT2D eigenvalue weighted by Crippen LogP contribution is -2.46. The molecule has 14 heteroatoms. The van der Waals surface area contributed by atoms with Gasteiger partial charge in [-0.2, -0.15) is 22.3 Å². The predicted molar refractivity (Wildman–Crippen MR) is 111 cm³/mol. The van der Waals surface area contributed by atoms with Gasteiger partial charge < -0.3 is 14.7 Å². The molecular formula is C22H21F5N4O5. The van der Waals surface area contributed by atoms with E-state index < -0.39 is 58.7 Å². The number of amides is 1. The third-order valence-electron chi connectivity index (χ3n) is 6.51. The Hall–Kier alpha value is -3.52. The first-order chi connectivity index (χ1) is 16.9. The zero-order valence-corrected chi connectivity index (χ0v) is 19.4. The second-order valence-corrected chi connectivity index (χ2v) is 8.40. The minimum Gasteiger partial charge on any atom is -0.493 e. The van der Waals surface area contributed by atoms with Crippen molar-refractivity contribution in [3.63, 3.8) is 0 Å². The summed E-state index contributed by atoms with van der Waals surface area (Å²) in [5.74, 6) is -6.92. The Bertz CT molecular complexity index is 1280. The van der Waals surface area contributed by atoms with Gasteiger partial charge in [0.15, 0.2) is 28.7 Å². The molecule has 1 aromatic rings. The van der Waals surface area contributed by atoms with Crippen LogP contribution in [-0.4, -0.2) is 51.8 Å². The number of ether oxygens (including phenoxy) is 2. The molecule has 3 aliphatic rings. The maximum atomic E-state index is 14.5. The van der Waals surface area contributed by atoms with Crippen LogP contribution < -0.4 is 10.2 Å². The van der Waals surface area contributed by atoms with Gasteiger partial charge >= 0.3 is 6.18 Å². The van der Waals surface area contributed by atoms with E-state index in [-0.39, 0.29) is 22.8 Å². The molecule has 3 heterocycles. The molecular weight excluding hydrogens is 495 g/mol. The molecule has 4 rings (SSSR count). The topological polar surface area (TPSA) is 108 Å². The van der Waals surface area contributed by atoms with E-state index in [2.05, 4.69) is 14.8 Å². The minimum atomic E-state index is -4.85. The van der Waals surface area contributed by atoms with E-state index in [0.717, 1.165) is 39.5 Å². The van der Waals surface area contributed by atoms with E-state index >= 15 is 0 Å². The number of nitrogens with zero attached hydrogens (tertiary/aromatic N) is 3. The van der Waals surface area contributed by atoms with Gasteiger partial charge in [-0.25, -0.2) is 19.8 Å². The molecule has 9 nitrogen and oxygen atoms in total. The zero-order chi connectivity index (χ0) is 26.6. The average Bonchev–Trinajstić information content (AvgIpc) is 3.35. The monoisotopic (exact) mass is 516 g/mol. The van der Waals surface area contributed by atoms with Crippen molar-refractivity contribution in [1.82, 2.24) is 20.2 Å². The standard InChI is InChI=1S/C22H21F5N4O5/c1-9-13(10-5-6-11(23)14(24)17(10)34-3)18(36-21(9,2)22(25,26)27)19-28-12-7-8-31(33)16(15(12)29-19)20(32)30-35-4/h5-9,13,18,33H,1-4H3,(H,30,32)/t9-,13-,18+,21+/m0/s1. The first kappa shape index (κ1) is 25.6. The molecule has 0 unspecified atom stereocenters. The lowest BCUT2D eigenvalue weighted by Gasteiger charge is -2.32. The van der Waals surface area contributed by atoms with Crippen molar-refractivity contribution in [3.8, 4) is 17.1 Å². The smallest absolute Gasteiger partial charge is 0.417 e. The number of hydroxylamine groups is 1. The van der Waals surface area contributed by atoms with E-state index in [1.807, 2.05) is 5.48 Å². The first-order valence-electron chi connectivity index (χ1n) is 10.5. The van der Waals surface area contributed by atoms with E-state index in [0.29, 0.717) is 4.73 Å². The van der Waals surface area contributed by atoms with Gasteiger partial charge in [-0.05, 0) is 19.1 Å². The van der Waals surface area contributed by atoms with Crippen molar-refractivity contribution in [2.45, 2.75) is 37.6 Å². The zero-order valence-electron chi connectivity index (χ0n) is 19.4. The van der Waals surface area contributed by atoms with Crippen LogP contribution in [-0.2, 0) is 9.57 Å². The van der Waals surface area contributed by atoms with Gasteiger partial charge in [0.2, 0.25) is 5.82 Å². The highest BCUT2D eigenvalue weighted by atomic mass is 19.4. The van der Waals surface area contributed by atoms with Crippen molar-refractivity contribution < 1.29 is 46.3 Å². The molecule has 0 aliphatic carbocycles. The molecule has 194 valence electrons. The van der Waals surface area contributed by atoms with Crippen molar-refractivity contribution >= 4 is 5.91 Å². The number of rotatable bonds is 5. The highest BCUT2D eigenvalue weighted by Crippen LogP contribution is 2.59. The van der Waals surface area contributed by atoms with Crippen molar-refractivity contribution in [1.29, 1.82) is 0 Å². The second kappa shape index (κ2) is 8.85. The van der Waals surface area contributed by atoms with E-state index in [1.54, 1.807) is 0 Å². The highest BCUT2D eigenvalue weighted by Gasteiger charge is 2.65. The van der Waals surface area contributed by atoms with Crippen LogP contribution in [0.25, 0.3) is 11.4 Å². The summed E-state index contributed by atoms with van der Waals surface area (Å²) in [6.45, 7) is 2.11. The number of carbonyl (C=O) groups is 1. The summed E-state index contributed by atoms with van der Waals surface area (Å²) in [6.07, 6.45) is -5.28. The number of carbonyl (C=O) groups excluding carboxylic acids is 1. The van der Waals surface area contributed by atoms with Crippen LogP contribution in [0.2, 0.25) is 0 Å². The molecule has 1 aromatic carbocycles. The summed E-state index contributed by atoms with van der Waals surface area (Å²) in [4.78, 5) is 25.4. The summed E-state index contributed by atoms with van der Waals surface area (Å²) >= 11 is 0. The van der Waals surface area contributed by atoms with Crippen LogP contribution in [0.5, 0.6) is 5.75 Å². The molecule has 0 spiro atoms.